The molecule has 0 spiro atoms. The lowest BCUT2D eigenvalue weighted by atomic mass is 10.1. The topological polar surface area (TPSA) is 53.9 Å². The van der Waals surface area contributed by atoms with Gasteiger partial charge in [-0.2, -0.15) is 4.98 Å². The lowest BCUT2D eigenvalue weighted by Gasteiger charge is -2.20. The number of nitrogens with one attached hydrogen (secondary N) is 1. The van der Waals surface area contributed by atoms with E-state index in [1.54, 1.807) is 0 Å². The summed E-state index contributed by atoms with van der Waals surface area (Å²) in [5.41, 5.74) is 3.34. The van der Waals surface area contributed by atoms with Crippen LogP contribution in [0.25, 0.3) is 11.3 Å². The zero-order valence-electron chi connectivity index (χ0n) is 15.0. The molecule has 2 heterocycles. The summed E-state index contributed by atoms with van der Waals surface area (Å²) in [7, 11) is 2.08. The molecule has 0 unspecified atom stereocenters. The highest BCUT2D eigenvalue weighted by Crippen LogP contribution is 2.27. The molecule has 0 bridgehead atoms. The quantitative estimate of drug-likeness (QED) is 0.706. The van der Waals surface area contributed by atoms with Gasteiger partial charge in [0.05, 0.1) is 5.69 Å². The molecule has 0 amide bonds. The van der Waals surface area contributed by atoms with E-state index >= 15 is 0 Å². The number of likely N-dealkylation sites (N-methyl/N-ethyl adjacent to an activating group) is 1. The summed E-state index contributed by atoms with van der Waals surface area (Å²) in [4.78, 5) is 15.7. The molecule has 5 nitrogen and oxygen atoms in total. The number of nitrogens with zero attached hydrogens (tertiary/aromatic N) is 4. The average molecular weight is 345 g/mol. The summed E-state index contributed by atoms with van der Waals surface area (Å²) in [5.74, 6) is 1.66. The van der Waals surface area contributed by atoms with Crippen molar-refractivity contribution in [2.75, 3.05) is 23.8 Å². The van der Waals surface area contributed by atoms with Crippen LogP contribution < -0.4 is 10.2 Å². The van der Waals surface area contributed by atoms with Gasteiger partial charge < -0.3 is 10.2 Å². The second-order valence-electron chi connectivity index (χ2n) is 6.75. The van der Waals surface area contributed by atoms with E-state index < -0.39 is 0 Å². The first-order chi connectivity index (χ1) is 12.8. The van der Waals surface area contributed by atoms with Crippen molar-refractivity contribution in [3.05, 3.63) is 66.5 Å². The van der Waals surface area contributed by atoms with Gasteiger partial charge in [0, 0.05) is 43.7 Å². The molecule has 1 aliphatic rings. The summed E-state index contributed by atoms with van der Waals surface area (Å²) in [6, 6.07) is 17.0. The van der Waals surface area contributed by atoms with Gasteiger partial charge in [0.15, 0.2) is 0 Å². The van der Waals surface area contributed by atoms with Gasteiger partial charge in [-0.3, -0.25) is 4.98 Å². The first-order valence-corrected chi connectivity index (χ1v) is 9.09. The van der Waals surface area contributed by atoms with Crippen LogP contribution in [-0.2, 0) is 6.42 Å². The fourth-order valence-corrected chi connectivity index (χ4v) is 2.82. The van der Waals surface area contributed by atoms with E-state index in [4.69, 9.17) is 9.97 Å². The molecule has 0 radical (unpaired) electrons. The van der Waals surface area contributed by atoms with Crippen LogP contribution in [0.5, 0.6) is 0 Å². The molecule has 0 atom stereocenters. The Bertz CT molecular complexity index is 847. The standard InChI is InChI=1S/C21H23N5/c1-26(14-11-16-9-12-22-13-10-16)20-15-19(17-5-3-2-4-6-17)24-21(25-20)23-18-7-8-18/h2-6,9-10,12-13,15,18H,7-8,11,14H2,1H3,(H,23,24,25). The maximum atomic E-state index is 4.74. The third-order valence-corrected chi connectivity index (χ3v) is 4.57. The highest BCUT2D eigenvalue weighted by atomic mass is 15.2. The van der Waals surface area contributed by atoms with E-state index in [1.165, 1.54) is 18.4 Å². The van der Waals surface area contributed by atoms with Crippen LogP contribution in [0.2, 0.25) is 0 Å². The summed E-state index contributed by atoms with van der Waals surface area (Å²) in [6.45, 7) is 0.887. The number of benzene rings is 1. The minimum Gasteiger partial charge on any atom is -0.359 e. The first-order valence-electron chi connectivity index (χ1n) is 9.09. The summed E-state index contributed by atoms with van der Waals surface area (Å²) in [6.07, 6.45) is 7.03. The molecule has 1 fully saturated rings. The number of aromatic nitrogens is 3. The van der Waals surface area contributed by atoms with Crippen molar-refractivity contribution >= 4 is 11.8 Å². The van der Waals surface area contributed by atoms with Gasteiger partial charge in [0.25, 0.3) is 0 Å². The molecule has 132 valence electrons. The van der Waals surface area contributed by atoms with Crippen molar-refractivity contribution in [2.24, 2.45) is 0 Å². The van der Waals surface area contributed by atoms with Crippen molar-refractivity contribution < 1.29 is 0 Å². The van der Waals surface area contributed by atoms with Crippen molar-refractivity contribution in [1.29, 1.82) is 0 Å². The fourth-order valence-electron chi connectivity index (χ4n) is 2.82. The van der Waals surface area contributed by atoms with Crippen LogP contribution in [-0.4, -0.2) is 34.6 Å². The minimum atomic E-state index is 0.524. The number of hydrogen-bond donors (Lipinski definition) is 1. The Morgan fingerprint density at radius 3 is 2.54 bits per heavy atom. The van der Waals surface area contributed by atoms with Crippen molar-refractivity contribution in [3.8, 4) is 11.3 Å². The smallest absolute Gasteiger partial charge is 0.225 e. The lowest BCUT2D eigenvalue weighted by Crippen LogP contribution is -2.22. The van der Waals surface area contributed by atoms with E-state index in [1.807, 2.05) is 30.6 Å². The third-order valence-electron chi connectivity index (χ3n) is 4.57. The zero-order valence-corrected chi connectivity index (χ0v) is 15.0. The van der Waals surface area contributed by atoms with E-state index in [2.05, 4.69) is 52.6 Å². The molecule has 1 N–H and O–H groups in total. The maximum Gasteiger partial charge on any atom is 0.225 e. The molecule has 4 rings (SSSR count). The Hall–Kier alpha value is -2.95. The molecular formula is C21H23N5. The maximum absolute atomic E-state index is 4.74. The van der Waals surface area contributed by atoms with Crippen LogP contribution in [0.4, 0.5) is 11.8 Å². The second-order valence-corrected chi connectivity index (χ2v) is 6.75. The van der Waals surface area contributed by atoms with Gasteiger partial charge >= 0.3 is 0 Å². The Balaban J connectivity index is 1.57. The molecule has 3 aromatic rings. The predicted octanol–water partition coefficient (Wildman–Crippen LogP) is 3.79. The van der Waals surface area contributed by atoms with Crippen LogP contribution in [0.1, 0.15) is 18.4 Å². The van der Waals surface area contributed by atoms with Crippen LogP contribution in [0.15, 0.2) is 60.9 Å². The monoisotopic (exact) mass is 345 g/mol. The molecule has 0 aliphatic heterocycles. The van der Waals surface area contributed by atoms with E-state index in [0.29, 0.717) is 6.04 Å². The largest absolute Gasteiger partial charge is 0.359 e. The second kappa shape index (κ2) is 7.52. The molecule has 2 aromatic heterocycles. The van der Waals surface area contributed by atoms with Crippen molar-refractivity contribution in [3.63, 3.8) is 0 Å². The number of pyridine rings is 1. The summed E-state index contributed by atoms with van der Waals surface area (Å²) < 4.78 is 0. The van der Waals surface area contributed by atoms with E-state index in [0.717, 1.165) is 36.0 Å². The molecule has 5 heteroatoms. The van der Waals surface area contributed by atoms with Gasteiger partial charge in [-0.25, -0.2) is 4.98 Å². The Kier molecular flexibility index (Phi) is 4.78. The number of rotatable bonds is 7. The van der Waals surface area contributed by atoms with Gasteiger partial charge in [-0.1, -0.05) is 30.3 Å². The van der Waals surface area contributed by atoms with Crippen LogP contribution >= 0.6 is 0 Å². The average Bonchev–Trinajstić information content (AvgIpc) is 3.51. The lowest BCUT2D eigenvalue weighted by molar-refractivity contribution is 0.854. The Labute approximate surface area is 154 Å². The van der Waals surface area contributed by atoms with Crippen LogP contribution in [0, 0.1) is 0 Å². The van der Waals surface area contributed by atoms with Gasteiger partial charge in [-0.05, 0) is 37.0 Å². The molecule has 0 saturated heterocycles. The van der Waals surface area contributed by atoms with E-state index in [9.17, 15) is 0 Å². The minimum absolute atomic E-state index is 0.524. The number of anilines is 2. The zero-order chi connectivity index (χ0) is 17.8. The molecule has 1 saturated carbocycles. The van der Waals surface area contributed by atoms with Crippen molar-refractivity contribution in [2.45, 2.75) is 25.3 Å². The first kappa shape index (κ1) is 16.5. The molecule has 26 heavy (non-hydrogen) atoms. The fraction of sp³-hybridized carbons (Fsp3) is 0.286. The van der Waals surface area contributed by atoms with Crippen LogP contribution in [0.3, 0.4) is 0 Å². The highest BCUT2D eigenvalue weighted by Gasteiger charge is 2.22. The SMILES string of the molecule is CN(CCc1ccncc1)c1cc(-c2ccccc2)nc(NC2CC2)n1. The van der Waals surface area contributed by atoms with Crippen molar-refractivity contribution in [1.82, 2.24) is 15.0 Å². The molecule has 1 aromatic carbocycles. The molecular weight excluding hydrogens is 322 g/mol. The Morgan fingerprint density at radius 1 is 1.04 bits per heavy atom. The third kappa shape index (κ3) is 4.17. The predicted molar refractivity (Wildman–Crippen MR) is 105 cm³/mol. The van der Waals surface area contributed by atoms with Gasteiger partial charge in [-0.15, -0.1) is 0 Å². The normalized spacial score (nSPS) is 13.4. The van der Waals surface area contributed by atoms with Gasteiger partial charge in [0.1, 0.15) is 5.82 Å². The Morgan fingerprint density at radius 2 is 1.81 bits per heavy atom. The molecule has 1 aliphatic carbocycles. The highest BCUT2D eigenvalue weighted by molar-refractivity contribution is 5.64. The van der Waals surface area contributed by atoms with Gasteiger partial charge in [0.2, 0.25) is 5.95 Å². The summed E-state index contributed by atoms with van der Waals surface area (Å²) >= 11 is 0. The van der Waals surface area contributed by atoms with E-state index in [-0.39, 0.29) is 0 Å². The summed E-state index contributed by atoms with van der Waals surface area (Å²) in [5, 5.41) is 3.44. The number of hydrogen-bond acceptors (Lipinski definition) is 5.